The second-order valence-corrected chi connectivity index (χ2v) is 5.89. The molecule has 19 heavy (non-hydrogen) atoms. The van der Waals surface area contributed by atoms with Crippen molar-refractivity contribution in [2.75, 3.05) is 10.5 Å². The zero-order valence-corrected chi connectivity index (χ0v) is 11.8. The number of hydrogen-bond donors (Lipinski definition) is 2. The number of nitrogen functional groups attached to an aromatic ring is 1. The molecule has 7 nitrogen and oxygen atoms in total. The van der Waals surface area contributed by atoms with Gasteiger partial charge in [-0.1, -0.05) is 11.6 Å². The van der Waals surface area contributed by atoms with Gasteiger partial charge in [0, 0.05) is 13.2 Å². The molecule has 2 heterocycles. The molecule has 0 fully saturated rings. The van der Waals surface area contributed by atoms with E-state index in [4.69, 9.17) is 17.3 Å². The highest BCUT2D eigenvalue weighted by Crippen LogP contribution is 2.26. The van der Waals surface area contributed by atoms with Gasteiger partial charge in [0.25, 0.3) is 10.0 Å². The molecule has 0 spiro atoms. The lowest BCUT2D eigenvalue weighted by atomic mass is 10.5. The van der Waals surface area contributed by atoms with E-state index in [1.54, 1.807) is 20.0 Å². The number of rotatable bonds is 3. The average Bonchev–Trinajstić information content (AvgIpc) is 2.56. The topological polar surface area (TPSA) is 103 Å². The summed E-state index contributed by atoms with van der Waals surface area (Å²) in [7, 11) is -2.27. The number of nitrogens with one attached hydrogen (secondary N) is 1. The number of hydrogen-bond acceptors (Lipinski definition) is 5. The molecule has 0 saturated carbocycles. The Balaban J connectivity index is 2.47. The molecule has 0 aromatic carbocycles. The van der Waals surface area contributed by atoms with Crippen molar-refractivity contribution in [2.24, 2.45) is 7.05 Å². The van der Waals surface area contributed by atoms with Crippen LogP contribution in [0.2, 0.25) is 5.02 Å². The molecule has 9 heteroatoms. The first-order chi connectivity index (χ1) is 8.83. The lowest BCUT2D eigenvalue weighted by Gasteiger charge is -2.08. The summed E-state index contributed by atoms with van der Waals surface area (Å²) in [6.45, 7) is 1.61. The molecule has 0 aliphatic heterocycles. The third-order valence-electron chi connectivity index (χ3n) is 2.56. The summed E-state index contributed by atoms with van der Waals surface area (Å²) in [6.07, 6.45) is 1.43. The Labute approximate surface area is 115 Å². The van der Waals surface area contributed by atoms with Crippen molar-refractivity contribution in [3.63, 3.8) is 0 Å². The van der Waals surface area contributed by atoms with Gasteiger partial charge in [0.2, 0.25) is 0 Å². The highest BCUT2D eigenvalue weighted by molar-refractivity contribution is 7.93. The molecular weight excluding hydrogens is 290 g/mol. The number of aromatic nitrogens is 3. The maximum Gasteiger partial charge on any atom is 0.268 e. The van der Waals surface area contributed by atoms with E-state index in [1.165, 1.54) is 16.9 Å². The lowest BCUT2D eigenvalue weighted by Crippen LogP contribution is -2.16. The number of nitrogens with two attached hydrogens (primary N) is 1. The van der Waals surface area contributed by atoms with Gasteiger partial charge in [0.05, 0.1) is 10.7 Å². The van der Waals surface area contributed by atoms with E-state index in [1.807, 2.05) is 0 Å². The standard InChI is InChI=1S/C10H12ClN5O2S/c1-6-8(9(12)14-16(6)2)19(17,18)15-10-7(11)4-3-5-13-10/h3-5H,1-2H3,(H2,12,14)(H,13,15). The molecule has 0 amide bonds. The Bertz CT molecular complexity index is 726. The van der Waals surface area contributed by atoms with Crippen molar-refractivity contribution in [2.45, 2.75) is 11.8 Å². The maximum absolute atomic E-state index is 12.3. The maximum atomic E-state index is 12.3. The minimum Gasteiger partial charge on any atom is -0.381 e. The summed E-state index contributed by atoms with van der Waals surface area (Å²) in [4.78, 5) is 3.79. The van der Waals surface area contributed by atoms with E-state index in [0.29, 0.717) is 5.69 Å². The average molecular weight is 302 g/mol. The van der Waals surface area contributed by atoms with E-state index in [2.05, 4.69) is 14.8 Å². The van der Waals surface area contributed by atoms with Crippen LogP contribution in [0.3, 0.4) is 0 Å². The third kappa shape index (κ3) is 2.49. The molecule has 2 aromatic rings. The van der Waals surface area contributed by atoms with Crippen molar-refractivity contribution in [3.8, 4) is 0 Å². The van der Waals surface area contributed by atoms with E-state index in [9.17, 15) is 8.42 Å². The van der Waals surface area contributed by atoms with Crippen LogP contribution in [-0.2, 0) is 17.1 Å². The van der Waals surface area contributed by atoms with Gasteiger partial charge < -0.3 is 5.73 Å². The Morgan fingerprint density at radius 1 is 1.47 bits per heavy atom. The number of pyridine rings is 1. The van der Waals surface area contributed by atoms with Crippen LogP contribution < -0.4 is 10.5 Å². The lowest BCUT2D eigenvalue weighted by molar-refractivity contribution is 0.600. The largest absolute Gasteiger partial charge is 0.381 e. The highest BCUT2D eigenvalue weighted by Gasteiger charge is 2.25. The first-order valence-corrected chi connectivity index (χ1v) is 7.11. The summed E-state index contributed by atoms with van der Waals surface area (Å²) < 4.78 is 28.2. The number of sulfonamides is 1. The molecule has 3 N–H and O–H groups in total. The molecule has 0 aliphatic rings. The number of nitrogens with zero attached hydrogens (tertiary/aromatic N) is 3. The van der Waals surface area contributed by atoms with Gasteiger partial charge in [-0.05, 0) is 19.1 Å². The minimum atomic E-state index is -3.88. The minimum absolute atomic E-state index is 0.0480. The molecule has 0 bridgehead atoms. The summed E-state index contributed by atoms with van der Waals surface area (Å²) in [5, 5.41) is 4.06. The fraction of sp³-hybridized carbons (Fsp3) is 0.200. The summed E-state index contributed by atoms with van der Waals surface area (Å²) in [5.74, 6) is -0.0219. The highest BCUT2D eigenvalue weighted by atomic mass is 35.5. The number of aryl methyl sites for hydroxylation is 1. The third-order valence-corrected chi connectivity index (χ3v) is 4.37. The van der Waals surface area contributed by atoms with Gasteiger partial charge in [-0.2, -0.15) is 5.10 Å². The smallest absolute Gasteiger partial charge is 0.268 e. The van der Waals surface area contributed by atoms with Crippen molar-refractivity contribution in [1.82, 2.24) is 14.8 Å². The summed E-state index contributed by atoms with van der Waals surface area (Å²) in [6, 6.07) is 3.13. The predicted octanol–water partition coefficient (Wildman–Crippen LogP) is 1.16. The molecule has 0 radical (unpaired) electrons. The predicted molar refractivity (Wildman–Crippen MR) is 72.4 cm³/mol. The Morgan fingerprint density at radius 2 is 2.16 bits per heavy atom. The molecule has 102 valence electrons. The van der Waals surface area contributed by atoms with Gasteiger partial charge >= 0.3 is 0 Å². The van der Waals surface area contributed by atoms with E-state index in [-0.39, 0.29) is 21.6 Å². The quantitative estimate of drug-likeness (QED) is 0.885. The van der Waals surface area contributed by atoms with Gasteiger partial charge in [0.15, 0.2) is 16.5 Å². The SMILES string of the molecule is Cc1c(S(=O)(=O)Nc2ncccc2Cl)c(N)nn1C. The second kappa shape index (κ2) is 4.71. The van der Waals surface area contributed by atoms with Crippen LogP contribution in [0.5, 0.6) is 0 Å². The van der Waals surface area contributed by atoms with Crippen LogP contribution in [-0.4, -0.2) is 23.2 Å². The molecular formula is C10H12ClN5O2S. The summed E-state index contributed by atoms with van der Waals surface area (Å²) >= 11 is 5.86. The van der Waals surface area contributed by atoms with Gasteiger partial charge in [-0.3, -0.25) is 9.40 Å². The number of halogens is 1. The summed E-state index contributed by atoms with van der Waals surface area (Å²) in [5.41, 5.74) is 6.04. The monoisotopic (exact) mass is 301 g/mol. The van der Waals surface area contributed by atoms with Gasteiger partial charge in [0.1, 0.15) is 0 Å². The normalized spacial score (nSPS) is 11.5. The zero-order chi connectivity index (χ0) is 14.2. The van der Waals surface area contributed by atoms with Crippen LogP contribution >= 0.6 is 11.6 Å². The van der Waals surface area contributed by atoms with Crippen molar-refractivity contribution in [1.29, 1.82) is 0 Å². The van der Waals surface area contributed by atoms with Crippen molar-refractivity contribution < 1.29 is 8.42 Å². The molecule has 0 atom stereocenters. The Hall–Kier alpha value is -1.80. The first-order valence-electron chi connectivity index (χ1n) is 5.25. The Kier molecular flexibility index (Phi) is 3.38. The second-order valence-electron chi connectivity index (χ2n) is 3.86. The zero-order valence-electron chi connectivity index (χ0n) is 10.3. The van der Waals surface area contributed by atoms with Crippen LogP contribution in [0, 0.1) is 6.92 Å². The molecule has 0 unspecified atom stereocenters. The first kappa shape index (κ1) is 13.6. The Morgan fingerprint density at radius 3 is 2.68 bits per heavy atom. The fourth-order valence-corrected chi connectivity index (χ4v) is 3.17. The fourth-order valence-electron chi connectivity index (χ4n) is 1.59. The van der Waals surface area contributed by atoms with E-state index in [0.717, 1.165) is 0 Å². The van der Waals surface area contributed by atoms with E-state index >= 15 is 0 Å². The number of anilines is 2. The molecule has 2 rings (SSSR count). The molecule has 0 saturated heterocycles. The van der Waals surface area contributed by atoms with Gasteiger partial charge in [-0.25, -0.2) is 13.4 Å². The van der Waals surface area contributed by atoms with Crippen LogP contribution in [0.1, 0.15) is 5.69 Å². The van der Waals surface area contributed by atoms with Crippen molar-refractivity contribution >= 4 is 33.3 Å². The van der Waals surface area contributed by atoms with Crippen LogP contribution in [0.4, 0.5) is 11.6 Å². The van der Waals surface area contributed by atoms with E-state index < -0.39 is 10.0 Å². The van der Waals surface area contributed by atoms with Crippen LogP contribution in [0.15, 0.2) is 23.2 Å². The molecule has 2 aromatic heterocycles. The van der Waals surface area contributed by atoms with Gasteiger partial charge in [-0.15, -0.1) is 0 Å². The molecule has 0 aliphatic carbocycles. The van der Waals surface area contributed by atoms with Crippen molar-refractivity contribution in [3.05, 3.63) is 29.0 Å². The van der Waals surface area contributed by atoms with Crippen LogP contribution in [0.25, 0.3) is 0 Å².